The molecular formula is C16H23NO4. The van der Waals surface area contributed by atoms with E-state index in [9.17, 15) is 9.90 Å². The number of carbonyl (C=O) groups is 1. The number of hydrogen-bond donors (Lipinski definition) is 1. The average molecular weight is 293 g/mol. The summed E-state index contributed by atoms with van der Waals surface area (Å²) < 4.78 is 10.1. The van der Waals surface area contributed by atoms with Crippen molar-refractivity contribution in [2.24, 2.45) is 5.92 Å². The predicted molar refractivity (Wildman–Crippen MR) is 79.1 cm³/mol. The van der Waals surface area contributed by atoms with Gasteiger partial charge in [-0.2, -0.15) is 0 Å². The van der Waals surface area contributed by atoms with Crippen molar-refractivity contribution in [3.63, 3.8) is 0 Å². The first-order chi connectivity index (χ1) is 10.1. The van der Waals surface area contributed by atoms with Crippen LogP contribution >= 0.6 is 0 Å². The maximum absolute atomic E-state index is 12.2. The lowest BCUT2D eigenvalue weighted by Crippen LogP contribution is -2.31. The minimum Gasteiger partial charge on any atom is -0.497 e. The Morgan fingerprint density at radius 3 is 2.57 bits per heavy atom. The Labute approximate surface area is 125 Å². The lowest BCUT2D eigenvalue weighted by molar-refractivity contribution is -0.129. The van der Waals surface area contributed by atoms with Gasteiger partial charge in [-0.3, -0.25) is 4.79 Å². The number of likely N-dealkylation sites (tertiary alicyclic amines) is 1. The molecule has 2 rings (SSSR count). The van der Waals surface area contributed by atoms with Crippen molar-refractivity contribution in [1.82, 2.24) is 4.90 Å². The molecule has 1 aromatic rings. The van der Waals surface area contributed by atoms with Crippen LogP contribution in [0.2, 0.25) is 0 Å². The fourth-order valence-corrected chi connectivity index (χ4v) is 2.76. The summed E-state index contributed by atoms with van der Waals surface area (Å²) in [5.41, 5.74) is 1.06. The van der Waals surface area contributed by atoms with Crippen molar-refractivity contribution in [2.45, 2.75) is 25.5 Å². The maximum atomic E-state index is 12.2. The van der Waals surface area contributed by atoms with Crippen molar-refractivity contribution in [3.05, 3.63) is 29.8 Å². The number of methoxy groups -OCH3 is 2. The Hall–Kier alpha value is -1.59. The number of aliphatic hydroxyl groups is 1. The van der Waals surface area contributed by atoms with Crippen molar-refractivity contribution in [2.75, 3.05) is 27.4 Å². The Kier molecular flexibility index (Phi) is 5.20. The Morgan fingerprint density at radius 1 is 1.33 bits per heavy atom. The molecule has 21 heavy (non-hydrogen) atoms. The van der Waals surface area contributed by atoms with Crippen LogP contribution in [0.3, 0.4) is 0 Å². The molecule has 1 N–H and O–H groups in total. The molecule has 0 spiro atoms. The van der Waals surface area contributed by atoms with Gasteiger partial charge in [0.2, 0.25) is 5.91 Å². The van der Waals surface area contributed by atoms with Gasteiger partial charge in [0.15, 0.2) is 0 Å². The fourth-order valence-electron chi connectivity index (χ4n) is 2.76. The maximum Gasteiger partial charge on any atom is 0.223 e. The molecule has 5 heteroatoms. The van der Waals surface area contributed by atoms with Crippen molar-refractivity contribution < 1.29 is 19.4 Å². The van der Waals surface area contributed by atoms with Gasteiger partial charge >= 0.3 is 0 Å². The minimum atomic E-state index is -0.591. The summed E-state index contributed by atoms with van der Waals surface area (Å²) in [6, 6.07) is 7.71. The predicted octanol–water partition coefficient (Wildman–Crippen LogP) is 1.61. The van der Waals surface area contributed by atoms with Gasteiger partial charge in [0.25, 0.3) is 0 Å². The molecule has 1 saturated heterocycles. The molecule has 1 amide bonds. The van der Waals surface area contributed by atoms with Crippen LogP contribution in [0.5, 0.6) is 5.75 Å². The Bertz CT molecular complexity index is 474. The van der Waals surface area contributed by atoms with E-state index in [1.807, 2.05) is 36.1 Å². The molecule has 0 unspecified atom stereocenters. The van der Waals surface area contributed by atoms with Crippen LogP contribution in [0, 0.1) is 5.92 Å². The number of amides is 1. The molecule has 116 valence electrons. The second-order valence-electron chi connectivity index (χ2n) is 5.48. The van der Waals surface area contributed by atoms with Gasteiger partial charge in [0.05, 0.1) is 25.9 Å². The summed E-state index contributed by atoms with van der Waals surface area (Å²) in [4.78, 5) is 14.0. The first kappa shape index (κ1) is 15.8. The molecule has 1 aromatic carbocycles. The van der Waals surface area contributed by atoms with Gasteiger partial charge < -0.3 is 19.5 Å². The van der Waals surface area contributed by atoms with Crippen LogP contribution in [-0.4, -0.2) is 49.4 Å². The number of nitrogens with zero attached hydrogens (tertiary/aromatic N) is 1. The third-order valence-corrected chi connectivity index (χ3v) is 4.14. The third kappa shape index (κ3) is 3.54. The summed E-state index contributed by atoms with van der Waals surface area (Å²) >= 11 is 0. The number of hydrogen-bond acceptors (Lipinski definition) is 4. The molecule has 5 nitrogen and oxygen atoms in total. The largest absolute Gasteiger partial charge is 0.497 e. The highest BCUT2D eigenvalue weighted by atomic mass is 16.5. The van der Waals surface area contributed by atoms with E-state index in [1.165, 1.54) is 0 Å². The van der Waals surface area contributed by atoms with Crippen LogP contribution in [-0.2, 0) is 9.53 Å². The monoisotopic (exact) mass is 293 g/mol. The third-order valence-electron chi connectivity index (χ3n) is 4.14. The van der Waals surface area contributed by atoms with Gasteiger partial charge in [-0.1, -0.05) is 12.1 Å². The number of rotatable bonds is 6. The minimum absolute atomic E-state index is 0.0110. The lowest BCUT2D eigenvalue weighted by atomic mass is 10.0. The van der Waals surface area contributed by atoms with Gasteiger partial charge in [0, 0.05) is 26.0 Å². The molecule has 0 bridgehead atoms. The summed E-state index contributed by atoms with van der Waals surface area (Å²) in [7, 11) is 3.18. The SMILES string of the molecule is COC[C@@H](O)[C@@H]1CC(=O)N([C@H](C)c2ccc(OC)cc2)C1. The zero-order valence-corrected chi connectivity index (χ0v) is 12.8. The number of aliphatic hydroxyl groups excluding tert-OH is 1. The molecule has 0 aliphatic carbocycles. The molecule has 1 fully saturated rings. The van der Waals surface area contributed by atoms with Crippen LogP contribution < -0.4 is 4.74 Å². The quantitative estimate of drug-likeness (QED) is 0.866. The molecule has 0 radical (unpaired) electrons. The van der Waals surface area contributed by atoms with E-state index < -0.39 is 6.10 Å². The second kappa shape index (κ2) is 6.91. The second-order valence-corrected chi connectivity index (χ2v) is 5.48. The van der Waals surface area contributed by atoms with E-state index in [4.69, 9.17) is 9.47 Å². The van der Waals surface area contributed by atoms with Crippen LogP contribution in [0.25, 0.3) is 0 Å². The molecule has 1 aliphatic rings. The molecule has 1 heterocycles. The Morgan fingerprint density at radius 2 is 2.00 bits per heavy atom. The smallest absolute Gasteiger partial charge is 0.223 e. The van der Waals surface area contributed by atoms with Gasteiger partial charge in [0.1, 0.15) is 5.75 Å². The fraction of sp³-hybridized carbons (Fsp3) is 0.562. The van der Waals surface area contributed by atoms with Crippen LogP contribution in [0.4, 0.5) is 0 Å². The molecule has 1 aliphatic heterocycles. The normalized spacial score (nSPS) is 21.4. The van der Waals surface area contributed by atoms with E-state index >= 15 is 0 Å². The standard InChI is InChI=1S/C16H23NO4/c1-11(12-4-6-14(21-3)7-5-12)17-9-13(8-16(17)19)15(18)10-20-2/h4-7,11,13,15,18H,8-10H2,1-3H3/t11-,13-,15-/m1/s1. The average Bonchev–Trinajstić information content (AvgIpc) is 2.89. The number of ether oxygens (including phenoxy) is 2. The van der Waals surface area contributed by atoms with E-state index in [0.717, 1.165) is 11.3 Å². The van der Waals surface area contributed by atoms with E-state index in [0.29, 0.717) is 13.0 Å². The number of carbonyl (C=O) groups excluding carboxylic acids is 1. The zero-order chi connectivity index (χ0) is 15.4. The number of benzene rings is 1. The highest BCUT2D eigenvalue weighted by molar-refractivity contribution is 5.79. The molecule has 0 aromatic heterocycles. The summed E-state index contributed by atoms with van der Waals surface area (Å²) in [6.45, 7) is 2.84. The summed E-state index contributed by atoms with van der Waals surface area (Å²) in [6.07, 6.45) is -0.211. The molecular weight excluding hydrogens is 270 g/mol. The zero-order valence-electron chi connectivity index (χ0n) is 12.8. The van der Waals surface area contributed by atoms with Crippen molar-refractivity contribution in [3.8, 4) is 5.75 Å². The van der Waals surface area contributed by atoms with E-state index in [-0.39, 0.29) is 24.5 Å². The van der Waals surface area contributed by atoms with Gasteiger partial charge in [-0.25, -0.2) is 0 Å². The van der Waals surface area contributed by atoms with Crippen LogP contribution in [0.15, 0.2) is 24.3 Å². The first-order valence-electron chi connectivity index (χ1n) is 7.17. The first-order valence-corrected chi connectivity index (χ1v) is 7.17. The highest BCUT2D eigenvalue weighted by Gasteiger charge is 2.36. The Balaban J connectivity index is 2.04. The van der Waals surface area contributed by atoms with E-state index in [1.54, 1.807) is 14.2 Å². The van der Waals surface area contributed by atoms with Crippen molar-refractivity contribution in [1.29, 1.82) is 0 Å². The summed E-state index contributed by atoms with van der Waals surface area (Å²) in [5.74, 6) is 0.823. The highest BCUT2D eigenvalue weighted by Crippen LogP contribution is 2.30. The molecule has 0 saturated carbocycles. The van der Waals surface area contributed by atoms with Gasteiger partial charge in [-0.05, 0) is 24.6 Å². The lowest BCUT2D eigenvalue weighted by Gasteiger charge is -2.26. The van der Waals surface area contributed by atoms with Crippen LogP contribution in [0.1, 0.15) is 24.9 Å². The summed E-state index contributed by atoms with van der Waals surface area (Å²) in [5, 5.41) is 9.98. The topological polar surface area (TPSA) is 59.0 Å². The van der Waals surface area contributed by atoms with Gasteiger partial charge in [-0.15, -0.1) is 0 Å². The molecule has 3 atom stereocenters. The van der Waals surface area contributed by atoms with E-state index in [2.05, 4.69) is 0 Å². The van der Waals surface area contributed by atoms with Crippen molar-refractivity contribution >= 4 is 5.91 Å².